The molecule has 1 atom stereocenters. The van der Waals surface area contributed by atoms with E-state index in [9.17, 15) is 9.59 Å². The van der Waals surface area contributed by atoms with E-state index in [1.165, 1.54) is 7.11 Å². The van der Waals surface area contributed by atoms with E-state index in [0.29, 0.717) is 17.3 Å². The van der Waals surface area contributed by atoms with Gasteiger partial charge in [-0.3, -0.25) is 9.59 Å². The molecule has 1 aromatic heterocycles. The first kappa shape index (κ1) is 16.8. The van der Waals surface area contributed by atoms with Crippen LogP contribution in [0.4, 0.5) is 11.5 Å². The summed E-state index contributed by atoms with van der Waals surface area (Å²) in [6.45, 7) is 0. The largest absolute Gasteiger partial charge is 0.495 e. The molecule has 0 saturated heterocycles. The summed E-state index contributed by atoms with van der Waals surface area (Å²) in [6, 6.07) is 16.0. The lowest BCUT2D eigenvalue weighted by Gasteiger charge is -2.25. The molecular formula is C20H18N4O3. The van der Waals surface area contributed by atoms with E-state index in [4.69, 9.17) is 4.74 Å². The Morgan fingerprint density at radius 3 is 2.70 bits per heavy atom. The molecule has 7 heteroatoms. The van der Waals surface area contributed by atoms with Crippen LogP contribution in [0, 0.1) is 0 Å². The second-order valence-electron chi connectivity index (χ2n) is 6.18. The molecule has 7 nitrogen and oxygen atoms in total. The van der Waals surface area contributed by atoms with Crippen LogP contribution in [-0.4, -0.2) is 28.7 Å². The summed E-state index contributed by atoms with van der Waals surface area (Å²) in [5, 5.41) is 10.0. The van der Waals surface area contributed by atoms with Crippen molar-refractivity contribution >= 4 is 23.3 Å². The number of anilines is 2. The van der Waals surface area contributed by atoms with Crippen LogP contribution in [0.1, 0.15) is 12.5 Å². The van der Waals surface area contributed by atoms with Gasteiger partial charge in [-0.2, -0.15) is 5.10 Å². The molecule has 0 aliphatic carbocycles. The van der Waals surface area contributed by atoms with E-state index in [-0.39, 0.29) is 18.2 Å². The normalized spacial score (nSPS) is 15.6. The van der Waals surface area contributed by atoms with Crippen molar-refractivity contribution in [2.45, 2.75) is 12.5 Å². The molecule has 136 valence electrons. The Morgan fingerprint density at radius 1 is 1.19 bits per heavy atom. The molecule has 0 bridgehead atoms. The van der Waals surface area contributed by atoms with Crippen LogP contribution in [0.15, 0.2) is 60.8 Å². The van der Waals surface area contributed by atoms with Gasteiger partial charge in [-0.1, -0.05) is 42.5 Å². The molecule has 0 fully saturated rings. The SMILES string of the molecule is COc1ccccc1NC(=O)[C@@H]1CC(=O)Nc2c(-c3ccccc3)cnn21. The number of carbonyl (C=O) groups excluding carboxylic acids is 2. The molecule has 0 saturated carbocycles. The van der Waals surface area contributed by atoms with Gasteiger partial charge in [0.05, 0.1) is 25.4 Å². The number of nitrogens with zero attached hydrogens (tertiary/aromatic N) is 2. The summed E-state index contributed by atoms with van der Waals surface area (Å²) in [5.74, 6) is 0.535. The van der Waals surface area contributed by atoms with E-state index in [2.05, 4.69) is 15.7 Å². The first-order valence-electron chi connectivity index (χ1n) is 8.54. The maximum absolute atomic E-state index is 12.9. The van der Waals surface area contributed by atoms with Crippen molar-refractivity contribution < 1.29 is 14.3 Å². The molecule has 0 unspecified atom stereocenters. The molecule has 0 spiro atoms. The number of para-hydroxylation sites is 2. The monoisotopic (exact) mass is 362 g/mol. The minimum absolute atomic E-state index is 0.0178. The number of fused-ring (bicyclic) bond motifs is 1. The van der Waals surface area contributed by atoms with Gasteiger partial charge in [0.2, 0.25) is 11.8 Å². The molecule has 0 radical (unpaired) electrons. The number of ether oxygens (including phenoxy) is 1. The average Bonchev–Trinajstić information content (AvgIpc) is 3.12. The van der Waals surface area contributed by atoms with E-state index in [1.807, 2.05) is 36.4 Å². The number of rotatable bonds is 4. The summed E-state index contributed by atoms with van der Waals surface area (Å²) >= 11 is 0. The van der Waals surface area contributed by atoms with Crippen molar-refractivity contribution in [2.24, 2.45) is 0 Å². The van der Waals surface area contributed by atoms with E-state index < -0.39 is 6.04 Å². The minimum Gasteiger partial charge on any atom is -0.495 e. The highest BCUT2D eigenvalue weighted by atomic mass is 16.5. The number of carbonyl (C=O) groups is 2. The molecule has 27 heavy (non-hydrogen) atoms. The fraction of sp³-hybridized carbons (Fsp3) is 0.150. The summed E-state index contributed by atoms with van der Waals surface area (Å²) in [5.41, 5.74) is 2.25. The quantitative estimate of drug-likeness (QED) is 0.747. The van der Waals surface area contributed by atoms with Gasteiger partial charge in [0.15, 0.2) is 0 Å². The maximum Gasteiger partial charge on any atom is 0.249 e. The van der Waals surface area contributed by atoms with E-state index in [0.717, 1.165) is 11.1 Å². The van der Waals surface area contributed by atoms with Gasteiger partial charge in [0.25, 0.3) is 0 Å². The molecular weight excluding hydrogens is 344 g/mol. The Labute approximate surface area is 156 Å². The Bertz CT molecular complexity index is 997. The van der Waals surface area contributed by atoms with E-state index >= 15 is 0 Å². The summed E-state index contributed by atoms with van der Waals surface area (Å²) in [6.07, 6.45) is 1.68. The zero-order valence-electron chi connectivity index (χ0n) is 14.7. The first-order chi connectivity index (χ1) is 13.2. The van der Waals surface area contributed by atoms with Gasteiger partial charge in [-0.05, 0) is 17.7 Å². The molecule has 2 N–H and O–H groups in total. The van der Waals surface area contributed by atoms with Gasteiger partial charge in [-0.15, -0.1) is 0 Å². The maximum atomic E-state index is 12.9. The molecule has 2 heterocycles. The molecule has 3 aromatic rings. The smallest absolute Gasteiger partial charge is 0.249 e. The predicted molar refractivity (Wildman–Crippen MR) is 102 cm³/mol. The minimum atomic E-state index is -0.740. The standard InChI is InChI=1S/C20H18N4O3/c1-27-17-10-6-5-9-15(17)22-20(26)16-11-18(25)23-19-14(12-21-24(16)19)13-7-3-2-4-8-13/h2-10,12,16H,11H2,1H3,(H,22,26)(H,23,25)/t16-/m0/s1. The highest BCUT2D eigenvalue weighted by Crippen LogP contribution is 2.34. The second kappa shape index (κ2) is 6.95. The highest BCUT2D eigenvalue weighted by Gasteiger charge is 2.33. The molecule has 2 aromatic carbocycles. The van der Waals surface area contributed by atoms with Crippen molar-refractivity contribution in [1.82, 2.24) is 9.78 Å². The fourth-order valence-corrected chi connectivity index (χ4v) is 3.16. The van der Waals surface area contributed by atoms with Gasteiger partial charge in [0, 0.05) is 5.56 Å². The Balaban J connectivity index is 1.67. The predicted octanol–water partition coefficient (Wildman–Crippen LogP) is 3.08. The van der Waals surface area contributed by atoms with Crippen LogP contribution in [0.3, 0.4) is 0 Å². The lowest BCUT2D eigenvalue weighted by Crippen LogP contribution is -2.35. The van der Waals surface area contributed by atoms with Crippen LogP contribution in [0.25, 0.3) is 11.1 Å². The number of aromatic nitrogens is 2. The summed E-state index contributed by atoms with van der Waals surface area (Å²) in [4.78, 5) is 25.1. The average molecular weight is 362 g/mol. The highest BCUT2D eigenvalue weighted by molar-refractivity contribution is 6.03. The third kappa shape index (κ3) is 3.15. The zero-order valence-corrected chi connectivity index (χ0v) is 14.7. The number of amides is 2. The summed E-state index contributed by atoms with van der Waals surface area (Å²) < 4.78 is 6.83. The molecule has 1 aliphatic rings. The number of nitrogens with one attached hydrogen (secondary N) is 2. The first-order valence-corrected chi connectivity index (χ1v) is 8.54. The lowest BCUT2D eigenvalue weighted by atomic mass is 10.1. The van der Waals surface area contributed by atoms with Crippen LogP contribution in [0.5, 0.6) is 5.75 Å². The third-order valence-corrected chi connectivity index (χ3v) is 4.48. The van der Waals surface area contributed by atoms with Crippen molar-refractivity contribution in [3.63, 3.8) is 0 Å². The van der Waals surface area contributed by atoms with Crippen LogP contribution in [0.2, 0.25) is 0 Å². The Hall–Kier alpha value is -3.61. The topological polar surface area (TPSA) is 85.2 Å². The van der Waals surface area contributed by atoms with Crippen LogP contribution in [-0.2, 0) is 9.59 Å². The van der Waals surface area contributed by atoms with Crippen molar-refractivity contribution in [1.29, 1.82) is 0 Å². The second-order valence-corrected chi connectivity index (χ2v) is 6.18. The fourth-order valence-electron chi connectivity index (χ4n) is 3.16. The van der Waals surface area contributed by atoms with Gasteiger partial charge >= 0.3 is 0 Å². The molecule has 4 rings (SSSR count). The Kier molecular flexibility index (Phi) is 4.33. The third-order valence-electron chi connectivity index (χ3n) is 4.48. The van der Waals surface area contributed by atoms with Crippen molar-refractivity contribution in [3.8, 4) is 16.9 Å². The van der Waals surface area contributed by atoms with Crippen molar-refractivity contribution in [2.75, 3.05) is 17.7 Å². The van der Waals surface area contributed by atoms with Crippen molar-refractivity contribution in [3.05, 3.63) is 60.8 Å². The van der Waals surface area contributed by atoms with Gasteiger partial charge in [0.1, 0.15) is 17.6 Å². The lowest BCUT2D eigenvalue weighted by molar-refractivity contribution is -0.125. The summed E-state index contributed by atoms with van der Waals surface area (Å²) in [7, 11) is 1.54. The van der Waals surface area contributed by atoms with Gasteiger partial charge in [-0.25, -0.2) is 4.68 Å². The Morgan fingerprint density at radius 2 is 1.93 bits per heavy atom. The number of hydrogen-bond donors (Lipinski definition) is 2. The van der Waals surface area contributed by atoms with Crippen LogP contribution >= 0.6 is 0 Å². The number of benzene rings is 2. The van der Waals surface area contributed by atoms with Gasteiger partial charge < -0.3 is 15.4 Å². The molecule has 1 aliphatic heterocycles. The molecule has 2 amide bonds. The zero-order chi connectivity index (χ0) is 18.8. The number of methoxy groups -OCH3 is 1. The van der Waals surface area contributed by atoms with E-state index in [1.54, 1.807) is 29.1 Å². The van der Waals surface area contributed by atoms with Crippen LogP contribution < -0.4 is 15.4 Å². The number of hydrogen-bond acceptors (Lipinski definition) is 4.